The SMILES string of the molecule is CC1(CCC(O)(CSc2cccc(OC(F)(F)F)c2)C(=O)Nc2cc(C(F)(F)F)cc(C(F)(F)F)c2)C(=O)N(c2ccc(C#N)c(C(F)(F)F)c2)C(=S)N1c1cc(C(F)(F)F)cc(C(F)(F)F)c1. The Balaban J connectivity index is 1.69. The number of carbonyl (C=O) groups excluding carboxylic acids is 2. The van der Waals surface area contributed by atoms with Crippen molar-refractivity contribution >= 4 is 58.0 Å². The van der Waals surface area contributed by atoms with Crippen molar-refractivity contribution in [1.82, 2.24) is 0 Å². The van der Waals surface area contributed by atoms with Crippen LogP contribution in [0.5, 0.6) is 5.75 Å². The van der Waals surface area contributed by atoms with Crippen LogP contribution in [0.15, 0.2) is 83.8 Å². The summed E-state index contributed by atoms with van der Waals surface area (Å²) in [6, 6.07) is 5.57. The van der Waals surface area contributed by atoms with E-state index in [0.29, 0.717) is 23.1 Å². The zero-order chi connectivity index (χ0) is 51.4. The zero-order valence-corrected chi connectivity index (χ0v) is 34.9. The summed E-state index contributed by atoms with van der Waals surface area (Å²) in [5.41, 5.74) is -20.2. The summed E-state index contributed by atoms with van der Waals surface area (Å²) in [6.45, 7) is 0.731. The average Bonchev–Trinajstić information content (AvgIpc) is 3.39. The zero-order valence-electron chi connectivity index (χ0n) is 33.3. The maximum atomic E-state index is 14.6. The molecule has 0 aromatic heterocycles. The van der Waals surface area contributed by atoms with Gasteiger partial charge < -0.3 is 20.1 Å². The molecule has 1 fully saturated rings. The fourth-order valence-corrected chi connectivity index (χ4v) is 8.14. The summed E-state index contributed by atoms with van der Waals surface area (Å²) in [6.07, 6.45) is -35.3. The first kappa shape index (κ1) is 53.0. The number of hydrogen-bond donors (Lipinski definition) is 2. The molecule has 0 radical (unpaired) electrons. The number of aliphatic hydroxyl groups is 1. The van der Waals surface area contributed by atoms with Crippen LogP contribution in [0.4, 0.5) is 96.1 Å². The van der Waals surface area contributed by atoms with E-state index >= 15 is 0 Å². The Morgan fingerprint density at radius 2 is 1.25 bits per heavy atom. The number of nitriles is 1. The molecule has 2 N–H and O–H groups in total. The van der Waals surface area contributed by atoms with Gasteiger partial charge in [0.1, 0.15) is 11.3 Å². The van der Waals surface area contributed by atoms with Crippen molar-refractivity contribution < 1.29 is 98.5 Å². The lowest BCUT2D eigenvalue weighted by Crippen LogP contribution is -2.52. The number of carbonyl (C=O) groups is 2. The fourth-order valence-electron chi connectivity index (χ4n) is 6.59. The molecule has 366 valence electrons. The number of thiocarbonyl (C=S) groups is 1. The number of amides is 2. The maximum absolute atomic E-state index is 14.6. The second kappa shape index (κ2) is 18.2. The van der Waals surface area contributed by atoms with Gasteiger partial charge in [-0.25, -0.2) is 0 Å². The number of nitrogens with zero attached hydrogens (tertiary/aromatic N) is 3. The second-order valence-electron chi connectivity index (χ2n) is 14.7. The van der Waals surface area contributed by atoms with E-state index in [0.717, 1.165) is 25.1 Å². The molecular weight excluding hydrogens is 1010 g/mol. The first-order valence-electron chi connectivity index (χ1n) is 18.3. The molecule has 1 heterocycles. The van der Waals surface area contributed by atoms with E-state index in [1.54, 1.807) is 5.32 Å². The molecule has 2 amide bonds. The van der Waals surface area contributed by atoms with Crippen molar-refractivity contribution in [2.24, 2.45) is 0 Å². The summed E-state index contributed by atoms with van der Waals surface area (Å²) >= 11 is 5.60. The van der Waals surface area contributed by atoms with Crippen molar-refractivity contribution in [1.29, 1.82) is 5.26 Å². The summed E-state index contributed by atoms with van der Waals surface area (Å²) in [4.78, 5) is 28.8. The lowest BCUT2D eigenvalue weighted by Gasteiger charge is -2.36. The van der Waals surface area contributed by atoms with Crippen molar-refractivity contribution in [2.45, 2.75) is 73.0 Å². The smallest absolute Gasteiger partial charge is 0.406 e. The Hall–Kier alpha value is -5.95. The largest absolute Gasteiger partial charge is 0.573 e. The van der Waals surface area contributed by atoms with Crippen molar-refractivity contribution in [3.05, 3.63) is 112 Å². The molecule has 1 aliphatic heterocycles. The van der Waals surface area contributed by atoms with Crippen molar-refractivity contribution in [3.8, 4) is 11.8 Å². The molecule has 1 saturated heterocycles. The van der Waals surface area contributed by atoms with Crippen LogP contribution in [0.1, 0.15) is 53.1 Å². The van der Waals surface area contributed by atoms with Gasteiger partial charge in [-0.05, 0) is 105 Å². The number of ether oxygens (including phenoxy) is 1. The molecule has 68 heavy (non-hydrogen) atoms. The molecule has 2 atom stereocenters. The quantitative estimate of drug-likeness (QED) is 0.0869. The van der Waals surface area contributed by atoms with E-state index < -0.39 is 140 Å². The van der Waals surface area contributed by atoms with Crippen LogP contribution in [0.2, 0.25) is 0 Å². The molecular formula is C40H24F18N4O4S2. The monoisotopic (exact) mass is 1030 g/mol. The first-order chi connectivity index (χ1) is 30.9. The summed E-state index contributed by atoms with van der Waals surface area (Å²) in [5, 5.41) is 21.9. The number of anilines is 3. The molecule has 0 aliphatic carbocycles. The van der Waals surface area contributed by atoms with Crippen molar-refractivity contribution in [2.75, 3.05) is 20.9 Å². The van der Waals surface area contributed by atoms with Gasteiger partial charge in [-0.3, -0.25) is 14.5 Å². The number of benzene rings is 4. The maximum Gasteiger partial charge on any atom is 0.573 e. The number of alkyl halides is 18. The molecule has 4 aromatic rings. The Kier molecular flexibility index (Phi) is 14.2. The summed E-state index contributed by atoms with van der Waals surface area (Å²) < 4.78 is 252. The Morgan fingerprint density at radius 1 is 0.735 bits per heavy atom. The van der Waals surface area contributed by atoms with Gasteiger partial charge in [0.2, 0.25) is 0 Å². The lowest BCUT2D eigenvalue weighted by molar-refractivity contribution is -0.274. The third-order valence-electron chi connectivity index (χ3n) is 9.87. The lowest BCUT2D eigenvalue weighted by atomic mass is 9.86. The van der Waals surface area contributed by atoms with E-state index in [-0.39, 0.29) is 64.0 Å². The van der Waals surface area contributed by atoms with Crippen LogP contribution in [0.25, 0.3) is 0 Å². The van der Waals surface area contributed by atoms with Crippen molar-refractivity contribution in [3.63, 3.8) is 0 Å². The predicted octanol–water partition coefficient (Wildman–Crippen LogP) is 12.4. The predicted molar refractivity (Wildman–Crippen MR) is 207 cm³/mol. The molecule has 0 saturated carbocycles. The molecule has 5 rings (SSSR count). The standard InChI is InChI=1S/C40H24F18N4O4S2/c1-33(31(64)61(25-6-5-19(17-59)29(15-25)39(53,54)55)32(67)62(33)26-13-22(37(47,48)49)10-23(14-26)38(50,51)52)7-8-34(65,18-68-28-4-2-3-27(16-28)66-40(56,57)58)30(63)60-24-11-20(35(41,42)43)9-21(12-24)36(44,45)46/h2-6,9-16,65H,7-8,18H2,1H3,(H,60,63). The van der Waals surface area contributed by atoms with E-state index in [4.69, 9.17) is 12.2 Å². The number of thioether (sulfide) groups is 1. The summed E-state index contributed by atoms with van der Waals surface area (Å²) in [7, 11) is 0. The highest BCUT2D eigenvalue weighted by Gasteiger charge is 2.56. The molecule has 28 heteroatoms. The second-order valence-corrected chi connectivity index (χ2v) is 16.1. The Labute approximate surface area is 379 Å². The van der Waals surface area contributed by atoms with Gasteiger partial charge in [-0.1, -0.05) is 6.07 Å². The third-order valence-corrected chi connectivity index (χ3v) is 11.4. The normalized spacial score (nSPS) is 17.3. The highest BCUT2D eigenvalue weighted by molar-refractivity contribution is 7.99. The average molecular weight is 1030 g/mol. The van der Waals surface area contributed by atoms with Crippen LogP contribution < -0.4 is 19.9 Å². The van der Waals surface area contributed by atoms with E-state index in [1.807, 2.05) is 0 Å². The number of halogens is 18. The van der Waals surface area contributed by atoms with Gasteiger partial charge in [0.15, 0.2) is 10.7 Å². The first-order valence-corrected chi connectivity index (χ1v) is 19.7. The van der Waals surface area contributed by atoms with E-state index in [1.165, 1.54) is 6.07 Å². The fraction of sp³-hybridized carbons (Fsp3) is 0.300. The summed E-state index contributed by atoms with van der Waals surface area (Å²) in [5.74, 6) is -5.53. The molecule has 1 aliphatic rings. The number of hydrogen-bond acceptors (Lipinski definition) is 7. The minimum absolute atomic E-state index is 0.00281. The Bertz CT molecular complexity index is 2590. The van der Waals surface area contributed by atoms with Crippen LogP contribution in [-0.4, -0.2) is 45.3 Å². The third kappa shape index (κ3) is 11.8. The highest BCUT2D eigenvalue weighted by atomic mass is 32.2. The van der Waals surface area contributed by atoms with Gasteiger partial charge in [0, 0.05) is 22.0 Å². The van der Waals surface area contributed by atoms with Gasteiger partial charge in [-0.2, -0.15) is 71.1 Å². The molecule has 0 bridgehead atoms. The van der Waals surface area contributed by atoms with E-state index in [2.05, 4.69) is 4.74 Å². The highest BCUT2D eigenvalue weighted by Crippen LogP contribution is 2.47. The van der Waals surface area contributed by atoms with Crippen LogP contribution in [-0.2, 0) is 40.5 Å². The molecule has 4 aromatic carbocycles. The van der Waals surface area contributed by atoms with Gasteiger partial charge >= 0.3 is 37.2 Å². The number of rotatable bonds is 11. The van der Waals surface area contributed by atoms with Crippen LogP contribution in [0, 0.1) is 11.3 Å². The molecule has 8 nitrogen and oxygen atoms in total. The topological polar surface area (TPSA) is 106 Å². The van der Waals surface area contributed by atoms with Gasteiger partial charge in [0.05, 0.1) is 45.1 Å². The Morgan fingerprint density at radius 3 is 1.72 bits per heavy atom. The number of nitrogens with one attached hydrogen (secondary N) is 1. The minimum Gasteiger partial charge on any atom is -0.406 e. The van der Waals surface area contributed by atoms with Gasteiger partial charge in [0.25, 0.3) is 11.8 Å². The minimum atomic E-state index is -5.57. The van der Waals surface area contributed by atoms with Crippen LogP contribution in [0.3, 0.4) is 0 Å². The van der Waals surface area contributed by atoms with Gasteiger partial charge in [-0.15, -0.1) is 24.9 Å². The van der Waals surface area contributed by atoms with Crippen LogP contribution >= 0.6 is 24.0 Å². The molecule has 0 spiro atoms. The van der Waals surface area contributed by atoms with E-state index in [9.17, 15) is 99.0 Å². The molecule has 2 unspecified atom stereocenters.